The van der Waals surface area contributed by atoms with Crippen LogP contribution < -0.4 is 0 Å². The smallest absolute Gasteiger partial charge is 0.138 e. The van der Waals surface area contributed by atoms with Crippen LogP contribution in [0.4, 0.5) is 8.78 Å². The van der Waals surface area contributed by atoms with Gasteiger partial charge in [-0.2, -0.15) is 0 Å². The molecule has 0 fully saturated rings. The third-order valence-electron chi connectivity index (χ3n) is 3.45. The molecule has 0 aliphatic heterocycles. The monoisotopic (exact) mass is 280 g/mol. The van der Waals surface area contributed by atoms with E-state index in [1.54, 1.807) is 0 Å². The molecular formula is C15H18F2N2O. The molecule has 0 aliphatic carbocycles. The van der Waals surface area contributed by atoms with Crippen LogP contribution in [-0.4, -0.2) is 16.6 Å². The van der Waals surface area contributed by atoms with E-state index in [0.29, 0.717) is 13.1 Å². The highest BCUT2D eigenvalue weighted by Gasteiger charge is 2.16. The third kappa shape index (κ3) is 3.04. The summed E-state index contributed by atoms with van der Waals surface area (Å²) in [6.45, 7) is 7.12. The summed E-state index contributed by atoms with van der Waals surface area (Å²) in [5, 5.41) is 3.90. The van der Waals surface area contributed by atoms with E-state index in [-0.39, 0.29) is 12.1 Å². The Hall–Kier alpha value is -1.75. The molecule has 0 saturated carbocycles. The molecule has 0 radical (unpaired) electrons. The minimum atomic E-state index is -0.512. The lowest BCUT2D eigenvalue weighted by molar-refractivity contribution is 0.260. The summed E-state index contributed by atoms with van der Waals surface area (Å²) < 4.78 is 32.5. The second-order valence-electron chi connectivity index (χ2n) is 4.81. The van der Waals surface area contributed by atoms with Crippen LogP contribution in [0.5, 0.6) is 0 Å². The molecule has 20 heavy (non-hydrogen) atoms. The summed E-state index contributed by atoms with van der Waals surface area (Å²) in [6.07, 6.45) is 0. The van der Waals surface area contributed by atoms with Crippen LogP contribution in [0.3, 0.4) is 0 Å². The Labute approximate surface area is 117 Å². The van der Waals surface area contributed by atoms with Crippen LogP contribution in [0.15, 0.2) is 22.7 Å². The van der Waals surface area contributed by atoms with Gasteiger partial charge in [0, 0.05) is 24.2 Å². The Bertz CT molecular complexity index is 556. The fourth-order valence-corrected chi connectivity index (χ4v) is 2.14. The van der Waals surface area contributed by atoms with E-state index in [1.807, 2.05) is 25.7 Å². The first kappa shape index (κ1) is 14.7. The maximum atomic E-state index is 13.7. The van der Waals surface area contributed by atoms with E-state index in [4.69, 9.17) is 4.52 Å². The van der Waals surface area contributed by atoms with Crippen molar-refractivity contribution in [2.45, 2.75) is 33.9 Å². The maximum Gasteiger partial charge on any atom is 0.138 e. The van der Waals surface area contributed by atoms with Crippen molar-refractivity contribution in [2.24, 2.45) is 0 Å². The molecule has 1 aromatic heterocycles. The molecule has 1 heterocycles. The highest BCUT2D eigenvalue weighted by Crippen LogP contribution is 2.19. The van der Waals surface area contributed by atoms with Gasteiger partial charge in [0.2, 0.25) is 0 Å². The Morgan fingerprint density at radius 3 is 2.20 bits per heavy atom. The fraction of sp³-hybridized carbons (Fsp3) is 0.400. The van der Waals surface area contributed by atoms with E-state index >= 15 is 0 Å². The van der Waals surface area contributed by atoms with E-state index in [2.05, 4.69) is 5.16 Å². The third-order valence-corrected chi connectivity index (χ3v) is 3.45. The van der Waals surface area contributed by atoms with Gasteiger partial charge in [-0.05, 0) is 32.5 Å². The lowest BCUT2D eigenvalue weighted by atomic mass is 10.1. The van der Waals surface area contributed by atoms with Crippen molar-refractivity contribution in [3.05, 3.63) is 52.4 Å². The van der Waals surface area contributed by atoms with Crippen molar-refractivity contribution in [3.63, 3.8) is 0 Å². The van der Waals surface area contributed by atoms with Crippen LogP contribution in [0.25, 0.3) is 0 Å². The van der Waals surface area contributed by atoms with Gasteiger partial charge in [-0.1, -0.05) is 18.1 Å². The summed E-state index contributed by atoms with van der Waals surface area (Å²) in [5.74, 6) is -0.278. The van der Waals surface area contributed by atoms with Gasteiger partial charge >= 0.3 is 0 Å². The van der Waals surface area contributed by atoms with Crippen LogP contribution in [-0.2, 0) is 13.1 Å². The fourth-order valence-electron chi connectivity index (χ4n) is 2.14. The normalized spacial score (nSPS) is 11.3. The van der Waals surface area contributed by atoms with Crippen LogP contribution in [0.2, 0.25) is 0 Å². The second-order valence-corrected chi connectivity index (χ2v) is 4.81. The first-order valence-corrected chi connectivity index (χ1v) is 6.60. The van der Waals surface area contributed by atoms with Gasteiger partial charge in [0.1, 0.15) is 17.4 Å². The Balaban J connectivity index is 2.18. The van der Waals surface area contributed by atoms with E-state index < -0.39 is 11.6 Å². The highest BCUT2D eigenvalue weighted by molar-refractivity contribution is 5.22. The lowest BCUT2D eigenvalue weighted by Gasteiger charge is -2.21. The molecule has 0 saturated heterocycles. The van der Waals surface area contributed by atoms with Gasteiger partial charge in [0.05, 0.1) is 5.69 Å². The molecule has 2 aromatic rings. The number of aromatic nitrogens is 1. The number of aryl methyl sites for hydroxylation is 2. The van der Waals surface area contributed by atoms with Crippen molar-refractivity contribution >= 4 is 0 Å². The zero-order chi connectivity index (χ0) is 14.7. The molecule has 0 unspecified atom stereocenters. The van der Waals surface area contributed by atoms with Gasteiger partial charge in [-0.3, -0.25) is 4.90 Å². The minimum Gasteiger partial charge on any atom is -0.361 e. The summed E-state index contributed by atoms with van der Waals surface area (Å²) in [4.78, 5) is 1.95. The van der Waals surface area contributed by atoms with Gasteiger partial charge < -0.3 is 4.52 Å². The number of rotatable bonds is 5. The lowest BCUT2D eigenvalue weighted by Crippen LogP contribution is -2.24. The zero-order valence-electron chi connectivity index (χ0n) is 11.9. The van der Waals surface area contributed by atoms with Gasteiger partial charge in [0.25, 0.3) is 0 Å². The summed E-state index contributed by atoms with van der Waals surface area (Å²) >= 11 is 0. The molecule has 0 atom stereocenters. The van der Waals surface area contributed by atoms with Crippen molar-refractivity contribution in [3.8, 4) is 0 Å². The summed E-state index contributed by atoms with van der Waals surface area (Å²) in [5.41, 5.74) is 1.89. The minimum absolute atomic E-state index is 0.0983. The Morgan fingerprint density at radius 2 is 1.70 bits per heavy atom. The molecule has 0 bridgehead atoms. The van der Waals surface area contributed by atoms with Crippen LogP contribution >= 0.6 is 0 Å². The SMILES string of the molecule is CCN(Cc1c(F)cccc1F)Cc1c(C)noc1C. The second kappa shape index (κ2) is 6.13. The average Bonchev–Trinajstić information content (AvgIpc) is 2.73. The molecule has 108 valence electrons. The number of benzene rings is 1. The molecule has 2 rings (SSSR count). The number of hydrogen-bond acceptors (Lipinski definition) is 3. The van der Waals surface area contributed by atoms with Crippen molar-refractivity contribution in [1.29, 1.82) is 0 Å². The predicted molar refractivity (Wildman–Crippen MR) is 72.1 cm³/mol. The highest BCUT2D eigenvalue weighted by atomic mass is 19.1. The molecule has 3 nitrogen and oxygen atoms in total. The maximum absolute atomic E-state index is 13.7. The first-order valence-electron chi connectivity index (χ1n) is 6.60. The van der Waals surface area contributed by atoms with Crippen molar-refractivity contribution < 1.29 is 13.3 Å². The zero-order valence-corrected chi connectivity index (χ0v) is 11.9. The van der Waals surface area contributed by atoms with Crippen molar-refractivity contribution in [1.82, 2.24) is 10.1 Å². The predicted octanol–water partition coefficient (Wildman–Crippen LogP) is 3.59. The van der Waals surface area contributed by atoms with E-state index in [9.17, 15) is 8.78 Å². The van der Waals surface area contributed by atoms with Crippen molar-refractivity contribution in [2.75, 3.05) is 6.54 Å². The molecule has 1 aromatic carbocycles. The van der Waals surface area contributed by atoms with Gasteiger partial charge in [0.15, 0.2) is 0 Å². The van der Waals surface area contributed by atoms with Crippen LogP contribution in [0.1, 0.15) is 29.5 Å². The number of nitrogens with zero attached hydrogens (tertiary/aromatic N) is 2. The molecule has 0 aliphatic rings. The van der Waals surface area contributed by atoms with Crippen LogP contribution in [0, 0.1) is 25.5 Å². The largest absolute Gasteiger partial charge is 0.361 e. The molecule has 5 heteroatoms. The average molecular weight is 280 g/mol. The molecule has 0 spiro atoms. The van der Waals surface area contributed by atoms with Gasteiger partial charge in [-0.25, -0.2) is 8.78 Å². The topological polar surface area (TPSA) is 29.3 Å². The quantitative estimate of drug-likeness (QED) is 0.838. The van der Waals surface area contributed by atoms with Gasteiger partial charge in [-0.15, -0.1) is 0 Å². The Morgan fingerprint density at radius 1 is 1.10 bits per heavy atom. The Kier molecular flexibility index (Phi) is 4.49. The molecule has 0 N–H and O–H groups in total. The molecule has 0 amide bonds. The summed E-state index contributed by atoms with van der Waals surface area (Å²) in [6, 6.07) is 3.93. The van der Waals surface area contributed by atoms with E-state index in [1.165, 1.54) is 18.2 Å². The summed E-state index contributed by atoms with van der Waals surface area (Å²) in [7, 11) is 0. The van der Waals surface area contributed by atoms with E-state index in [0.717, 1.165) is 17.0 Å². The number of halogens is 2. The standard InChI is InChI=1S/C15H18F2N2O/c1-4-19(8-12-10(2)18-20-11(12)3)9-13-14(16)6-5-7-15(13)17/h5-7H,4,8-9H2,1-3H3. The molecular weight excluding hydrogens is 262 g/mol. The first-order chi connectivity index (χ1) is 9.52. The number of hydrogen-bond donors (Lipinski definition) is 0.